The summed E-state index contributed by atoms with van der Waals surface area (Å²) in [5.41, 5.74) is 2.12. The molecule has 0 N–H and O–H groups in total. The van der Waals surface area contributed by atoms with Gasteiger partial charge in [0.15, 0.2) is 0 Å². The third-order valence-corrected chi connectivity index (χ3v) is 2.08. The van der Waals surface area contributed by atoms with Gasteiger partial charge in [-0.3, -0.25) is 0 Å². The Bertz CT molecular complexity index is 474. The summed E-state index contributed by atoms with van der Waals surface area (Å²) in [4.78, 5) is 0. The van der Waals surface area contributed by atoms with E-state index in [0.29, 0.717) is 5.75 Å². The number of hydrogen-bond donors (Lipinski definition) is 0. The van der Waals surface area contributed by atoms with Gasteiger partial charge in [-0.05, 0) is 23.3 Å². The molecule has 1 heteroatoms. The van der Waals surface area contributed by atoms with Gasteiger partial charge in [-0.2, -0.15) is 0 Å². The molecule has 0 heterocycles. The first-order valence-corrected chi connectivity index (χ1v) is 4.39. The first kappa shape index (κ1) is 5.86. The highest BCUT2D eigenvalue weighted by molar-refractivity contribution is 5.63. The van der Waals surface area contributed by atoms with Crippen molar-refractivity contribution >= 4 is 0 Å². The molecular formula is C13H12O. The predicted octanol–water partition coefficient (Wildman–Crippen LogP) is 3.36. The average molecular weight is 187 g/mol. The molecule has 1 nitrogen and oxygen atoms in total. The van der Waals surface area contributed by atoms with Gasteiger partial charge in [-0.15, -0.1) is 0 Å². The van der Waals surface area contributed by atoms with Crippen LogP contribution in [0, 0.1) is 0 Å². The molecular weight excluding hydrogens is 172 g/mol. The number of methoxy groups -OCH3 is 1. The van der Waals surface area contributed by atoms with E-state index in [1.807, 2.05) is 42.5 Å². The second kappa shape index (κ2) is 3.97. The predicted molar refractivity (Wildman–Crippen MR) is 58.4 cm³/mol. The average Bonchev–Trinajstić information content (AvgIpc) is 2.29. The first-order chi connectivity index (χ1) is 8.04. The SMILES string of the molecule is [2H]C([2H])([2H])Oc1ccc(-c2ccccc2)cc1. The van der Waals surface area contributed by atoms with Gasteiger partial charge in [0.1, 0.15) is 5.75 Å². The van der Waals surface area contributed by atoms with Crippen molar-refractivity contribution in [1.82, 2.24) is 0 Å². The Kier molecular flexibility index (Phi) is 1.66. The van der Waals surface area contributed by atoms with E-state index < -0.39 is 7.04 Å². The third kappa shape index (κ3) is 1.77. The zero-order chi connectivity index (χ0) is 12.3. The van der Waals surface area contributed by atoms with Crippen molar-refractivity contribution < 1.29 is 8.85 Å². The van der Waals surface area contributed by atoms with E-state index >= 15 is 0 Å². The zero-order valence-corrected chi connectivity index (χ0v) is 7.60. The Hall–Kier alpha value is -1.76. The largest absolute Gasteiger partial charge is 0.497 e. The molecule has 0 saturated heterocycles. The lowest BCUT2D eigenvalue weighted by Gasteiger charge is -2.02. The van der Waals surface area contributed by atoms with E-state index in [9.17, 15) is 0 Å². The van der Waals surface area contributed by atoms with Gasteiger partial charge in [0, 0.05) is 0 Å². The first-order valence-electron chi connectivity index (χ1n) is 5.89. The van der Waals surface area contributed by atoms with Crippen LogP contribution < -0.4 is 4.74 Å². The minimum absolute atomic E-state index is 0.352. The Morgan fingerprint density at radius 3 is 2.14 bits per heavy atom. The van der Waals surface area contributed by atoms with Crippen molar-refractivity contribution in [2.45, 2.75) is 0 Å². The van der Waals surface area contributed by atoms with Crippen molar-refractivity contribution in [3.8, 4) is 16.9 Å². The van der Waals surface area contributed by atoms with Crippen molar-refractivity contribution in [2.75, 3.05) is 7.04 Å². The van der Waals surface area contributed by atoms with Crippen LogP contribution in [0.4, 0.5) is 0 Å². The highest BCUT2D eigenvalue weighted by Crippen LogP contribution is 2.21. The van der Waals surface area contributed by atoms with E-state index in [1.165, 1.54) is 0 Å². The lowest BCUT2D eigenvalue weighted by Crippen LogP contribution is -1.82. The van der Waals surface area contributed by atoms with Gasteiger partial charge < -0.3 is 4.74 Å². The lowest BCUT2D eigenvalue weighted by molar-refractivity contribution is 0.415. The molecule has 0 aliphatic rings. The van der Waals surface area contributed by atoms with E-state index in [1.54, 1.807) is 12.1 Å². The smallest absolute Gasteiger partial charge is 0.118 e. The van der Waals surface area contributed by atoms with Gasteiger partial charge >= 0.3 is 0 Å². The van der Waals surface area contributed by atoms with Crippen LogP contribution in [-0.2, 0) is 0 Å². The zero-order valence-electron chi connectivity index (χ0n) is 10.6. The molecule has 0 atom stereocenters. The maximum Gasteiger partial charge on any atom is 0.118 e. The Labute approximate surface area is 88.2 Å². The number of benzene rings is 2. The highest BCUT2D eigenvalue weighted by atomic mass is 16.5. The molecule has 0 saturated carbocycles. The number of ether oxygens (including phenoxy) is 1. The number of hydrogen-bond acceptors (Lipinski definition) is 1. The Morgan fingerprint density at radius 1 is 0.857 bits per heavy atom. The maximum atomic E-state index is 7.00. The topological polar surface area (TPSA) is 9.23 Å². The molecule has 0 aliphatic heterocycles. The summed E-state index contributed by atoms with van der Waals surface area (Å²) in [7, 11) is -2.39. The standard InChI is InChI=1S/C13H12O/c1-14-13-9-7-12(8-10-13)11-5-3-2-4-6-11/h2-10H,1H3/i1D3. The summed E-state index contributed by atoms with van der Waals surface area (Å²) in [5.74, 6) is 0.352. The summed E-state index contributed by atoms with van der Waals surface area (Å²) >= 11 is 0. The van der Waals surface area contributed by atoms with Crippen molar-refractivity contribution in [3.05, 3.63) is 54.6 Å². The minimum atomic E-state index is -2.39. The molecule has 0 fully saturated rings. The summed E-state index contributed by atoms with van der Waals surface area (Å²) in [5, 5.41) is 0. The maximum absolute atomic E-state index is 7.00. The van der Waals surface area contributed by atoms with E-state index in [0.717, 1.165) is 11.1 Å². The summed E-state index contributed by atoms with van der Waals surface area (Å²) < 4.78 is 25.8. The van der Waals surface area contributed by atoms with E-state index in [4.69, 9.17) is 8.85 Å². The fraction of sp³-hybridized carbons (Fsp3) is 0.0769. The van der Waals surface area contributed by atoms with E-state index in [2.05, 4.69) is 0 Å². The summed E-state index contributed by atoms with van der Waals surface area (Å²) in [6, 6.07) is 16.9. The minimum Gasteiger partial charge on any atom is -0.497 e. The van der Waals surface area contributed by atoms with Crippen molar-refractivity contribution in [3.63, 3.8) is 0 Å². The third-order valence-electron chi connectivity index (χ3n) is 2.08. The van der Waals surface area contributed by atoms with Gasteiger partial charge in [-0.25, -0.2) is 0 Å². The Morgan fingerprint density at radius 2 is 1.50 bits per heavy atom. The molecule has 0 aromatic heterocycles. The molecule has 0 unspecified atom stereocenters. The van der Waals surface area contributed by atoms with Crippen LogP contribution in [0.15, 0.2) is 54.6 Å². The fourth-order valence-corrected chi connectivity index (χ4v) is 1.35. The van der Waals surface area contributed by atoms with Crippen LogP contribution in [0.3, 0.4) is 0 Å². The molecule has 0 amide bonds. The molecule has 0 bridgehead atoms. The van der Waals surface area contributed by atoms with Crippen LogP contribution in [0.25, 0.3) is 11.1 Å². The summed E-state index contributed by atoms with van der Waals surface area (Å²) in [6.07, 6.45) is 0. The normalized spacial score (nSPS) is 13.9. The van der Waals surface area contributed by atoms with Crippen LogP contribution >= 0.6 is 0 Å². The van der Waals surface area contributed by atoms with Gasteiger partial charge in [0.2, 0.25) is 0 Å². The molecule has 2 aromatic carbocycles. The van der Waals surface area contributed by atoms with Crippen molar-refractivity contribution in [1.29, 1.82) is 0 Å². The molecule has 0 aliphatic carbocycles. The van der Waals surface area contributed by atoms with Crippen LogP contribution in [0.1, 0.15) is 4.11 Å². The molecule has 70 valence electrons. The molecule has 0 radical (unpaired) electrons. The molecule has 0 spiro atoms. The lowest BCUT2D eigenvalue weighted by atomic mass is 10.1. The van der Waals surface area contributed by atoms with Crippen molar-refractivity contribution in [2.24, 2.45) is 0 Å². The monoisotopic (exact) mass is 187 g/mol. The summed E-state index contributed by atoms with van der Waals surface area (Å²) in [6.45, 7) is 0. The van der Waals surface area contributed by atoms with Gasteiger partial charge in [0.25, 0.3) is 0 Å². The second-order valence-electron chi connectivity index (χ2n) is 2.99. The quantitative estimate of drug-likeness (QED) is 0.700. The fourth-order valence-electron chi connectivity index (χ4n) is 1.35. The van der Waals surface area contributed by atoms with Gasteiger partial charge in [0.05, 0.1) is 11.2 Å². The number of rotatable bonds is 2. The van der Waals surface area contributed by atoms with Gasteiger partial charge in [-0.1, -0.05) is 42.5 Å². The van der Waals surface area contributed by atoms with Crippen LogP contribution in [-0.4, -0.2) is 7.04 Å². The Balaban J connectivity index is 2.19. The second-order valence-corrected chi connectivity index (χ2v) is 2.99. The highest BCUT2D eigenvalue weighted by Gasteiger charge is 1.95. The van der Waals surface area contributed by atoms with E-state index in [-0.39, 0.29) is 0 Å². The molecule has 14 heavy (non-hydrogen) atoms. The molecule has 2 aromatic rings. The molecule has 2 rings (SSSR count). The van der Waals surface area contributed by atoms with Crippen LogP contribution in [0.5, 0.6) is 5.75 Å². The van der Waals surface area contributed by atoms with Crippen LogP contribution in [0.2, 0.25) is 0 Å².